The summed E-state index contributed by atoms with van der Waals surface area (Å²) in [5, 5.41) is 3.15. The second-order valence-corrected chi connectivity index (χ2v) is 3.91. The zero-order valence-electron chi connectivity index (χ0n) is 12.1. The first-order chi connectivity index (χ1) is 7.63. The molecule has 0 aromatic heterocycles. The fraction of sp³-hybridized carbons (Fsp3) is 0.538. The van der Waals surface area contributed by atoms with Crippen LogP contribution in [0.4, 0.5) is 0 Å². The fourth-order valence-electron chi connectivity index (χ4n) is 2.15. The van der Waals surface area contributed by atoms with Crippen LogP contribution in [0.3, 0.4) is 0 Å². The molecule has 0 amide bonds. The van der Waals surface area contributed by atoms with E-state index in [1.54, 1.807) is 13.2 Å². The summed E-state index contributed by atoms with van der Waals surface area (Å²) in [4.78, 5) is 22.4. The van der Waals surface area contributed by atoms with Gasteiger partial charge in [0, 0.05) is 111 Å². The molecule has 3 nitrogen and oxygen atoms in total. The van der Waals surface area contributed by atoms with Crippen LogP contribution >= 0.6 is 0 Å². The van der Waals surface area contributed by atoms with Crippen molar-refractivity contribution in [3.8, 4) is 0 Å². The summed E-state index contributed by atoms with van der Waals surface area (Å²) >= 11 is 0. The molecule has 0 saturated heterocycles. The number of hydrogen-bond acceptors (Lipinski definition) is 3. The van der Waals surface area contributed by atoms with Crippen LogP contribution in [0.25, 0.3) is 0 Å². The fourth-order valence-corrected chi connectivity index (χ4v) is 2.15. The van der Waals surface area contributed by atoms with Gasteiger partial charge in [-0.25, -0.2) is 0 Å². The van der Waals surface area contributed by atoms with E-state index in [-0.39, 0.29) is 128 Å². The minimum Gasteiger partial charge on any atom is -0.467 e. The van der Waals surface area contributed by atoms with Crippen LogP contribution in [0, 0.1) is 55.8 Å². The molecule has 0 aromatic carbocycles. The Morgan fingerprint density at radius 1 is 1.30 bits per heavy atom. The van der Waals surface area contributed by atoms with Gasteiger partial charge in [0.15, 0.2) is 0 Å². The Hall–Kier alpha value is 2.31. The van der Waals surface area contributed by atoms with E-state index in [0.29, 0.717) is 11.6 Å². The zero-order valence-corrected chi connectivity index (χ0v) is 23.5. The van der Waals surface area contributed by atoms with Crippen LogP contribution < -0.4 is 5.32 Å². The van der Waals surface area contributed by atoms with Gasteiger partial charge in [-0.1, -0.05) is 32.0 Å². The van der Waals surface area contributed by atoms with Gasteiger partial charge in [-0.15, -0.1) is 13.0 Å². The molecular weight excluding hydrogens is 764 g/mol. The Kier molecular flexibility index (Phi) is 22.5. The average molecular weight is 786 g/mol. The summed E-state index contributed by atoms with van der Waals surface area (Å²) in [5.74, 6) is 0.0484. The van der Waals surface area contributed by atoms with E-state index in [2.05, 4.69) is 11.7 Å². The van der Waals surface area contributed by atoms with Crippen LogP contribution in [-0.2, 0) is 81.9 Å². The SMILES string of the molecule is CC.CC1=C([C-]=O)C(=O)C2[CH-]C(C)[CH-]C2N1.[3HH].[U].[V].[W].[Y]. The minimum absolute atomic E-state index is 0. The predicted octanol–water partition coefficient (Wildman–Crippen LogP) is 1.85. The summed E-state index contributed by atoms with van der Waals surface area (Å²) < 4.78 is 0. The van der Waals surface area contributed by atoms with Crippen LogP contribution in [0.2, 0.25) is 0 Å². The second-order valence-electron chi connectivity index (χ2n) is 3.91. The second kappa shape index (κ2) is 14.9. The summed E-state index contributed by atoms with van der Waals surface area (Å²) in [7, 11) is 0. The Morgan fingerprint density at radius 3 is 2.25 bits per heavy atom. The molecule has 2 radical (unpaired) electrons. The molecule has 3 atom stereocenters. The molecule has 1 aliphatic heterocycles. The normalized spacial score (nSPS) is 26.0. The predicted molar refractivity (Wildman–Crippen MR) is 65.0 cm³/mol. The number of hydrogen-bond donors (Lipinski definition) is 1. The van der Waals surface area contributed by atoms with Gasteiger partial charge in [0.2, 0.25) is 0 Å². The molecule has 1 fully saturated rings. The molecule has 0 bridgehead atoms. The Bertz CT molecular complexity index is 348. The molecule has 3 unspecified atom stereocenters. The van der Waals surface area contributed by atoms with Gasteiger partial charge in [-0.2, -0.15) is 5.92 Å². The Balaban J connectivity index is -0.000000117. The van der Waals surface area contributed by atoms with Crippen molar-refractivity contribution < 1.29 is 114 Å². The Morgan fingerprint density at radius 2 is 1.80 bits per heavy atom. The number of carbonyl (C=O) groups excluding carboxylic acids is 2. The molecule has 1 heterocycles. The van der Waals surface area contributed by atoms with Crippen molar-refractivity contribution in [1.29, 1.82) is 0 Å². The molecule has 0 aromatic rings. The summed E-state index contributed by atoms with van der Waals surface area (Å²) in [5.41, 5.74) is 0.815. The number of carbonyl (C=O) groups is 1. The molecule has 2 aliphatic rings. The van der Waals surface area contributed by atoms with Crippen molar-refractivity contribution in [2.75, 3.05) is 0 Å². The van der Waals surface area contributed by atoms with Gasteiger partial charge in [0.25, 0.3) is 0 Å². The van der Waals surface area contributed by atoms with Gasteiger partial charge in [-0.05, 0) is 0 Å². The third kappa shape index (κ3) is 7.25. The van der Waals surface area contributed by atoms with E-state index in [9.17, 15) is 9.59 Å². The number of fused-ring (bicyclic) bond motifs is 1. The maximum atomic E-state index is 11.8. The smallest absolute Gasteiger partial charge is 0.0676 e. The quantitative estimate of drug-likeness (QED) is 0.327. The van der Waals surface area contributed by atoms with Crippen molar-refractivity contribution in [3.63, 3.8) is 0 Å². The van der Waals surface area contributed by atoms with Gasteiger partial charge in [0.1, 0.15) is 0 Å². The van der Waals surface area contributed by atoms with Gasteiger partial charge >= 0.3 is 0 Å². The molecule has 1 saturated carbocycles. The van der Waals surface area contributed by atoms with Crippen molar-refractivity contribution in [3.05, 3.63) is 24.1 Å². The first-order valence-corrected chi connectivity index (χ1v) is 5.73. The average Bonchev–Trinajstić information content (AvgIpc) is 2.63. The standard InChI is InChI=1S/C11H12NO2.C2H6.U.V.W.Y.H2/c1-6-3-8-10(4-6)12-7(2)9(5-13)11(8)14;1-2;;;;;/h3-4,6,8,10,12H,1-2H3;1-2H3;;;;;1H/q-3;;;;;;/i;;;;;;1+2. The summed E-state index contributed by atoms with van der Waals surface area (Å²) in [6, 6.07) is 0.0644. The van der Waals surface area contributed by atoms with E-state index in [1.807, 2.05) is 27.2 Å². The van der Waals surface area contributed by atoms with E-state index in [4.69, 9.17) is 0 Å². The largest absolute Gasteiger partial charge is 0.467 e. The monoisotopic (exact) mass is 786 g/mol. The van der Waals surface area contributed by atoms with Gasteiger partial charge in [-0.3, -0.25) is 0 Å². The van der Waals surface area contributed by atoms with Crippen LogP contribution in [0.1, 0.15) is 29.1 Å². The maximum Gasteiger partial charge on any atom is 0.0676 e. The molecule has 7 heteroatoms. The molecular formula is C13H20NO2UVWY-3. The molecule has 20 heavy (non-hydrogen) atoms. The topological polar surface area (TPSA) is 46.2 Å². The van der Waals surface area contributed by atoms with Crippen molar-refractivity contribution in [1.82, 2.24) is 5.32 Å². The molecule has 110 valence electrons. The van der Waals surface area contributed by atoms with Gasteiger partial charge < -0.3 is 33.7 Å². The first kappa shape index (κ1) is 30.2. The molecule has 0 spiro atoms. The van der Waals surface area contributed by atoms with Crippen LogP contribution in [-0.4, -0.2) is 18.1 Å². The first-order valence-electron chi connectivity index (χ1n) is 5.73. The number of nitrogens with one attached hydrogen (secondary N) is 1. The number of ketones is 1. The van der Waals surface area contributed by atoms with Crippen molar-refractivity contribution in [2.24, 2.45) is 11.8 Å². The third-order valence-electron chi connectivity index (χ3n) is 2.82. The molecule has 1 aliphatic carbocycles. The molecule has 2 rings (SSSR count). The van der Waals surface area contributed by atoms with Crippen LogP contribution in [0.15, 0.2) is 11.3 Å². The van der Waals surface area contributed by atoms with Crippen LogP contribution in [0.5, 0.6) is 0 Å². The summed E-state index contributed by atoms with van der Waals surface area (Å²) in [6.45, 7) is 7.78. The number of Topliss-reactive ketones (excluding diaryl/α,β-unsaturated/α-hetero) is 1. The van der Waals surface area contributed by atoms with E-state index in [0.717, 1.165) is 0 Å². The molecule has 1 N–H and O–H groups in total. The Labute approximate surface area is 198 Å². The van der Waals surface area contributed by atoms with Crippen molar-refractivity contribution in [2.45, 2.75) is 33.7 Å². The number of allylic oxidation sites excluding steroid dienone is 2. The zero-order chi connectivity index (χ0) is 12.3. The van der Waals surface area contributed by atoms with Gasteiger partial charge in [0.05, 0.1) is 6.29 Å². The van der Waals surface area contributed by atoms with E-state index < -0.39 is 0 Å². The van der Waals surface area contributed by atoms with E-state index >= 15 is 0 Å². The third-order valence-corrected chi connectivity index (χ3v) is 2.82. The van der Waals surface area contributed by atoms with E-state index in [1.165, 1.54) is 0 Å². The summed E-state index contributed by atoms with van der Waals surface area (Å²) in [6.07, 6.45) is 5.78. The minimum atomic E-state index is -0.176. The maximum absolute atomic E-state index is 11.8. The number of rotatable bonds is 1. The van der Waals surface area contributed by atoms with Crippen molar-refractivity contribution >= 4 is 12.1 Å².